The summed E-state index contributed by atoms with van der Waals surface area (Å²) in [6.07, 6.45) is 0.374. The molecule has 0 saturated carbocycles. The Morgan fingerprint density at radius 1 is 1.22 bits per heavy atom. The van der Waals surface area contributed by atoms with E-state index in [9.17, 15) is 13.6 Å². The first kappa shape index (κ1) is 18.6. The normalized spacial score (nSPS) is 11.4. The predicted molar refractivity (Wildman–Crippen MR) is 94.4 cm³/mol. The van der Waals surface area contributed by atoms with Gasteiger partial charge in [-0.05, 0) is 41.0 Å². The van der Waals surface area contributed by atoms with E-state index in [1.165, 1.54) is 24.0 Å². The average molecular weight is 372 g/mol. The van der Waals surface area contributed by atoms with Gasteiger partial charge in [0.2, 0.25) is 5.82 Å². The number of alkyl halides is 2. The smallest absolute Gasteiger partial charge is 0.337 e. The molecule has 140 valence electrons. The summed E-state index contributed by atoms with van der Waals surface area (Å²) < 4.78 is 32.0. The van der Waals surface area contributed by atoms with Crippen LogP contribution in [0.25, 0.3) is 11.4 Å². The lowest BCUT2D eigenvalue weighted by atomic mass is 9.95. The summed E-state index contributed by atoms with van der Waals surface area (Å²) in [6.45, 7) is 0.867. The number of benzene rings is 2. The van der Waals surface area contributed by atoms with Crippen LogP contribution in [-0.2, 0) is 24.1 Å². The molecule has 0 aliphatic heterocycles. The lowest BCUT2D eigenvalue weighted by Gasteiger charge is -2.13. The number of aryl methyl sites for hydroxylation is 1. The van der Waals surface area contributed by atoms with Crippen LogP contribution in [0.4, 0.5) is 8.78 Å². The molecule has 0 atom stereocenters. The number of aromatic nitrogens is 4. The van der Waals surface area contributed by atoms with Crippen LogP contribution in [0, 0.1) is 0 Å². The van der Waals surface area contributed by atoms with Crippen molar-refractivity contribution < 1.29 is 18.3 Å². The molecule has 0 radical (unpaired) electrons. The van der Waals surface area contributed by atoms with E-state index in [1.54, 1.807) is 37.4 Å². The Bertz CT molecular complexity index is 980. The Morgan fingerprint density at radius 2 is 2.00 bits per heavy atom. The van der Waals surface area contributed by atoms with Gasteiger partial charge in [-0.15, -0.1) is 10.2 Å². The van der Waals surface area contributed by atoms with Crippen molar-refractivity contribution in [2.24, 2.45) is 7.05 Å². The summed E-state index contributed by atoms with van der Waals surface area (Å²) in [7, 11) is 2.93. The monoisotopic (exact) mass is 372 g/mol. The molecule has 1 aromatic heterocycles. The number of carbonyl (C=O) groups excluding carboxylic acids is 1. The van der Waals surface area contributed by atoms with E-state index in [0.29, 0.717) is 28.9 Å². The highest BCUT2D eigenvalue weighted by Crippen LogP contribution is 2.29. The molecule has 0 bridgehead atoms. The van der Waals surface area contributed by atoms with Crippen LogP contribution in [0.3, 0.4) is 0 Å². The highest BCUT2D eigenvalue weighted by Gasteiger charge is 2.24. The number of hydrogen-bond donors (Lipinski definition) is 0. The van der Waals surface area contributed by atoms with Crippen molar-refractivity contribution in [3.05, 3.63) is 64.7 Å². The largest absolute Gasteiger partial charge is 0.465 e. The van der Waals surface area contributed by atoms with Crippen molar-refractivity contribution in [1.29, 1.82) is 0 Å². The van der Waals surface area contributed by atoms with Crippen molar-refractivity contribution in [3.63, 3.8) is 0 Å². The van der Waals surface area contributed by atoms with Gasteiger partial charge in [0, 0.05) is 18.1 Å². The maximum atomic E-state index is 13.6. The maximum absolute atomic E-state index is 13.6. The zero-order valence-corrected chi connectivity index (χ0v) is 15.1. The van der Waals surface area contributed by atoms with Crippen molar-refractivity contribution >= 4 is 5.97 Å². The first-order valence-electron chi connectivity index (χ1n) is 8.21. The van der Waals surface area contributed by atoms with Crippen molar-refractivity contribution in [1.82, 2.24) is 20.2 Å². The summed E-state index contributed by atoms with van der Waals surface area (Å²) in [5, 5.41) is 12.0. The fraction of sp³-hybridized carbons (Fsp3) is 0.263. The molecule has 0 unspecified atom stereocenters. The fourth-order valence-corrected chi connectivity index (χ4v) is 2.75. The van der Waals surface area contributed by atoms with Gasteiger partial charge in [-0.2, -0.15) is 4.80 Å². The molecule has 0 fully saturated rings. The molecule has 3 rings (SSSR count). The Morgan fingerprint density at radius 3 is 2.63 bits per heavy atom. The average Bonchev–Trinajstić information content (AvgIpc) is 3.07. The Labute approximate surface area is 154 Å². The van der Waals surface area contributed by atoms with Crippen LogP contribution in [0.2, 0.25) is 0 Å². The Kier molecular flexibility index (Phi) is 4.98. The summed E-state index contributed by atoms with van der Waals surface area (Å²) in [5.41, 5.74) is 2.39. The van der Waals surface area contributed by atoms with E-state index < -0.39 is 11.9 Å². The van der Waals surface area contributed by atoms with E-state index in [-0.39, 0.29) is 5.56 Å². The fourth-order valence-electron chi connectivity index (χ4n) is 2.75. The molecule has 27 heavy (non-hydrogen) atoms. The standard InChI is InChI=1S/C19H18F2N4O2/c1-19(20,21)15-6-4-5-12(10-15)9-13-7-8-14(18(26)27-3)11-16(13)17-22-24-25(2)23-17/h4-8,10-11H,9H2,1-3H3. The van der Waals surface area contributed by atoms with Crippen LogP contribution >= 0.6 is 0 Å². The number of ether oxygens (including phenoxy) is 1. The Balaban J connectivity index is 2.03. The van der Waals surface area contributed by atoms with E-state index >= 15 is 0 Å². The molecule has 0 aliphatic carbocycles. The zero-order chi connectivity index (χ0) is 19.6. The summed E-state index contributed by atoms with van der Waals surface area (Å²) in [4.78, 5) is 13.2. The second-order valence-electron chi connectivity index (χ2n) is 6.23. The molecular weight excluding hydrogens is 354 g/mol. The lowest BCUT2D eigenvalue weighted by molar-refractivity contribution is 0.0174. The van der Waals surface area contributed by atoms with Gasteiger partial charge in [0.1, 0.15) is 0 Å². The first-order valence-corrected chi connectivity index (χ1v) is 8.21. The molecule has 0 amide bonds. The minimum atomic E-state index is -2.92. The summed E-state index contributed by atoms with van der Waals surface area (Å²) >= 11 is 0. The number of rotatable bonds is 5. The number of carbonyl (C=O) groups is 1. The number of nitrogens with zero attached hydrogens (tertiary/aromatic N) is 4. The van der Waals surface area contributed by atoms with Gasteiger partial charge in [0.05, 0.1) is 19.7 Å². The van der Waals surface area contributed by atoms with Crippen LogP contribution in [0.1, 0.15) is 34.0 Å². The predicted octanol–water partition coefficient (Wildman–Crippen LogP) is 3.37. The third-order valence-electron chi connectivity index (χ3n) is 4.11. The molecule has 6 nitrogen and oxygen atoms in total. The highest BCUT2D eigenvalue weighted by molar-refractivity contribution is 5.91. The van der Waals surface area contributed by atoms with Gasteiger partial charge in [-0.25, -0.2) is 13.6 Å². The van der Waals surface area contributed by atoms with Crippen molar-refractivity contribution in [2.75, 3.05) is 7.11 Å². The van der Waals surface area contributed by atoms with Crippen molar-refractivity contribution in [2.45, 2.75) is 19.3 Å². The van der Waals surface area contributed by atoms with E-state index in [0.717, 1.165) is 12.5 Å². The van der Waals surface area contributed by atoms with Crippen LogP contribution in [0.5, 0.6) is 0 Å². The van der Waals surface area contributed by atoms with Gasteiger partial charge < -0.3 is 4.74 Å². The van der Waals surface area contributed by atoms with E-state index in [2.05, 4.69) is 15.4 Å². The van der Waals surface area contributed by atoms with Crippen LogP contribution in [-0.4, -0.2) is 33.3 Å². The summed E-state index contributed by atoms with van der Waals surface area (Å²) in [5.74, 6) is -3.06. The number of hydrogen-bond acceptors (Lipinski definition) is 5. The first-order chi connectivity index (χ1) is 12.8. The van der Waals surface area contributed by atoms with Gasteiger partial charge in [0.15, 0.2) is 0 Å². The van der Waals surface area contributed by atoms with Gasteiger partial charge in [0.25, 0.3) is 5.92 Å². The topological polar surface area (TPSA) is 69.9 Å². The molecular formula is C19H18F2N4O2. The molecule has 0 spiro atoms. The quantitative estimate of drug-likeness (QED) is 0.642. The third-order valence-corrected chi connectivity index (χ3v) is 4.11. The van der Waals surface area contributed by atoms with Crippen molar-refractivity contribution in [3.8, 4) is 11.4 Å². The number of tetrazole rings is 1. The molecule has 0 aliphatic rings. The minimum Gasteiger partial charge on any atom is -0.465 e. The van der Waals surface area contributed by atoms with Gasteiger partial charge in [-0.1, -0.05) is 24.3 Å². The maximum Gasteiger partial charge on any atom is 0.337 e. The van der Waals surface area contributed by atoms with Gasteiger partial charge >= 0.3 is 5.97 Å². The lowest BCUT2D eigenvalue weighted by Crippen LogP contribution is -2.07. The molecule has 0 saturated heterocycles. The number of methoxy groups -OCH3 is 1. The second kappa shape index (κ2) is 7.22. The third kappa shape index (κ3) is 4.16. The molecule has 3 aromatic rings. The molecule has 2 aromatic carbocycles. The number of halogens is 2. The van der Waals surface area contributed by atoms with E-state index in [4.69, 9.17) is 4.74 Å². The molecule has 1 heterocycles. The van der Waals surface area contributed by atoms with Crippen LogP contribution in [0.15, 0.2) is 42.5 Å². The van der Waals surface area contributed by atoms with E-state index in [1.807, 2.05) is 0 Å². The van der Waals surface area contributed by atoms with Gasteiger partial charge in [-0.3, -0.25) is 0 Å². The second-order valence-corrected chi connectivity index (χ2v) is 6.23. The Hall–Kier alpha value is -3.16. The summed E-state index contributed by atoms with van der Waals surface area (Å²) in [6, 6.07) is 11.2. The molecule has 8 heteroatoms. The SMILES string of the molecule is COC(=O)c1ccc(Cc2cccc(C(C)(F)F)c2)c(-c2nnn(C)n2)c1. The molecule has 0 N–H and O–H groups in total. The van der Waals surface area contributed by atoms with Crippen LogP contribution < -0.4 is 0 Å². The highest BCUT2D eigenvalue weighted by atomic mass is 19.3. The zero-order valence-electron chi connectivity index (χ0n) is 15.1. The minimum absolute atomic E-state index is 0.0506. The number of esters is 1.